The van der Waals surface area contributed by atoms with Gasteiger partial charge in [-0.2, -0.15) is 0 Å². The van der Waals surface area contributed by atoms with Crippen molar-refractivity contribution in [3.05, 3.63) is 42.2 Å². The number of nitrogens with zero attached hydrogens (tertiary/aromatic N) is 1. The van der Waals surface area contributed by atoms with Crippen molar-refractivity contribution >= 4 is 16.9 Å². The molecule has 1 aliphatic rings. The Labute approximate surface area is 96.5 Å². The minimum Gasteiger partial charge on any atom is -0.330 e. The van der Waals surface area contributed by atoms with Gasteiger partial charge in [0.05, 0.1) is 4.90 Å². The van der Waals surface area contributed by atoms with Gasteiger partial charge in [-0.3, -0.25) is 9.10 Å². The number of benzene rings is 1. The van der Waals surface area contributed by atoms with Gasteiger partial charge in [0.15, 0.2) is 11.0 Å². The highest BCUT2D eigenvalue weighted by Gasteiger charge is 2.17. The molecule has 84 valence electrons. The fourth-order valence-corrected chi connectivity index (χ4v) is 2.40. The van der Waals surface area contributed by atoms with Gasteiger partial charge in [0.1, 0.15) is 6.54 Å². The maximum absolute atomic E-state index is 12.1. The molecule has 1 unspecified atom stereocenters. The first-order chi connectivity index (χ1) is 7.66. The van der Waals surface area contributed by atoms with Crippen LogP contribution in [0.4, 0.5) is 0 Å². The summed E-state index contributed by atoms with van der Waals surface area (Å²) in [5.41, 5.74) is 1.12. The third-order valence-corrected chi connectivity index (χ3v) is 3.57. The number of hydrogen-bond acceptors (Lipinski definition) is 2. The number of carbonyl (C=O) groups is 1. The molecular formula is C11H12N2O2S. The average molecular weight is 236 g/mol. The van der Waals surface area contributed by atoms with Gasteiger partial charge in [-0.15, -0.1) is 0 Å². The molecule has 0 radical (unpaired) electrons. The standard InChI is InChI=1S/C11H12N2O2S/c1-9-2-4-10(5-3-9)16(15)13-7-6-12-11(14)8-13/h2-7H,8H2,1H3,(H,12,14). The molecule has 0 spiro atoms. The van der Waals surface area contributed by atoms with Crippen LogP contribution in [0.5, 0.6) is 0 Å². The van der Waals surface area contributed by atoms with Crippen LogP contribution in [0.1, 0.15) is 5.56 Å². The molecule has 16 heavy (non-hydrogen) atoms. The van der Waals surface area contributed by atoms with E-state index in [0.29, 0.717) is 4.90 Å². The number of amides is 1. The monoisotopic (exact) mass is 236 g/mol. The molecule has 1 amide bonds. The second kappa shape index (κ2) is 4.49. The van der Waals surface area contributed by atoms with Gasteiger partial charge in [-0.1, -0.05) is 17.7 Å². The van der Waals surface area contributed by atoms with E-state index in [-0.39, 0.29) is 12.5 Å². The molecular weight excluding hydrogens is 224 g/mol. The third kappa shape index (κ3) is 2.30. The van der Waals surface area contributed by atoms with E-state index in [0.717, 1.165) is 5.56 Å². The van der Waals surface area contributed by atoms with Crippen LogP contribution in [-0.2, 0) is 15.8 Å². The van der Waals surface area contributed by atoms with Crippen LogP contribution < -0.4 is 5.32 Å². The highest BCUT2D eigenvalue weighted by molar-refractivity contribution is 7.82. The summed E-state index contributed by atoms with van der Waals surface area (Å²) in [5, 5.41) is 2.53. The van der Waals surface area contributed by atoms with Crippen LogP contribution in [0, 0.1) is 6.92 Å². The molecule has 0 saturated heterocycles. The smallest absolute Gasteiger partial charge is 0.244 e. The summed E-state index contributed by atoms with van der Waals surface area (Å²) in [6.07, 6.45) is 3.12. The summed E-state index contributed by atoms with van der Waals surface area (Å²) in [4.78, 5) is 11.8. The van der Waals surface area contributed by atoms with Crippen LogP contribution in [-0.4, -0.2) is 21.0 Å². The lowest BCUT2D eigenvalue weighted by Gasteiger charge is -2.21. The fourth-order valence-electron chi connectivity index (χ4n) is 1.36. The Kier molecular flexibility index (Phi) is 3.05. The Morgan fingerprint density at radius 1 is 1.31 bits per heavy atom. The molecule has 0 aromatic heterocycles. The van der Waals surface area contributed by atoms with E-state index in [2.05, 4.69) is 5.32 Å². The molecule has 0 aliphatic carbocycles. The first-order valence-electron chi connectivity index (χ1n) is 4.88. The highest BCUT2D eigenvalue weighted by atomic mass is 32.2. The molecule has 1 atom stereocenters. The molecule has 5 heteroatoms. The fraction of sp³-hybridized carbons (Fsp3) is 0.182. The zero-order valence-electron chi connectivity index (χ0n) is 8.84. The van der Waals surface area contributed by atoms with Crippen molar-refractivity contribution in [2.24, 2.45) is 0 Å². The van der Waals surface area contributed by atoms with E-state index in [9.17, 15) is 9.00 Å². The van der Waals surface area contributed by atoms with Crippen LogP contribution in [0.2, 0.25) is 0 Å². The van der Waals surface area contributed by atoms with Gasteiger partial charge in [-0.05, 0) is 19.1 Å². The molecule has 1 heterocycles. The average Bonchev–Trinajstić information content (AvgIpc) is 2.29. The van der Waals surface area contributed by atoms with Crippen LogP contribution in [0.25, 0.3) is 0 Å². The number of hydrogen-bond donors (Lipinski definition) is 1. The van der Waals surface area contributed by atoms with E-state index >= 15 is 0 Å². The second-order valence-electron chi connectivity index (χ2n) is 3.52. The third-order valence-electron chi connectivity index (χ3n) is 2.22. The van der Waals surface area contributed by atoms with Gasteiger partial charge < -0.3 is 5.32 Å². The van der Waals surface area contributed by atoms with Gasteiger partial charge in [0, 0.05) is 12.4 Å². The Morgan fingerprint density at radius 2 is 2.00 bits per heavy atom. The highest BCUT2D eigenvalue weighted by Crippen LogP contribution is 2.13. The zero-order chi connectivity index (χ0) is 11.5. The van der Waals surface area contributed by atoms with E-state index in [4.69, 9.17) is 0 Å². The molecule has 0 bridgehead atoms. The number of nitrogens with one attached hydrogen (secondary N) is 1. The molecule has 1 aliphatic heterocycles. The van der Waals surface area contributed by atoms with E-state index < -0.39 is 11.0 Å². The van der Waals surface area contributed by atoms with Crippen molar-refractivity contribution < 1.29 is 9.00 Å². The number of rotatable bonds is 2. The summed E-state index contributed by atoms with van der Waals surface area (Å²) < 4.78 is 13.6. The summed E-state index contributed by atoms with van der Waals surface area (Å²) in [6, 6.07) is 7.43. The normalized spacial score (nSPS) is 17.1. The van der Waals surface area contributed by atoms with Gasteiger partial charge in [0.2, 0.25) is 5.91 Å². The minimum atomic E-state index is -1.31. The summed E-state index contributed by atoms with van der Waals surface area (Å²) in [5.74, 6) is -0.150. The first kappa shape index (κ1) is 10.9. The van der Waals surface area contributed by atoms with Gasteiger partial charge in [-0.25, -0.2) is 4.21 Å². The minimum absolute atomic E-state index is 0.122. The summed E-state index contributed by atoms with van der Waals surface area (Å²) in [7, 11) is -1.31. The van der Waals surface area contributed by atoms with Crippen molar-refractivity contribution in [1.29, 1.82) is 0 Å². The largest absolute Gasteiger partial charge is 0.330 e. The Hall–Kier alpha value is -1.62. The second-order valence-corrected chi connectivity index (χ2v) is 4.96. The molecule has 1 aromatic rings. The number of carbonyl (C=O) groups excluding carboxylic acids is 1. The van der Waals surface area contributed by atoms with Crippen molar-refractivity contribution in [1.82, 2.24) is 9.62 Å². The predicted molar refractivity (Wildman–Crippen MR) is 61.6 cm³/mol. The van der Waals surface area contributed by atoms with Crippen molar-refractivity contribution in [3.63, 3.8) is 0 Å². The maximum atomic E-state index is 12.1. The first-order valence-corrected chi connectivity index (χ1v) is 5.99. The molecule has 0 saturated carbocycles. The Morgan fingerprint density at radius 3 is 2.62 bits per heavy atom. The topological polar surface area (TPSA) is 49.4 Å². The van der Waals surface area contributed by atoms with Gasteiger partial charge in [0.25, 0.3) is 0 Å². The predicted octanol–water partition coefficient (Wildman–Crippen LogP) is 0.921. The quantitative estimate of drug-likeness (QED) is 0.830. The SMILES string of the molecule is Cc1ccc(S(=O)N2C=CNC(=O)C2)cc1. The lowest BCUT2D eigenvalue weighted by Crippen LogP contribution is -2.37. The molecule has 2 rings (SSSR count). The maximum Gasteiger partial charge on any atom is 0.244 e. The van der Waals surface area contributed by atoms with Crippen molar-refractivity contribution in [2.75, 3.05) is 6.54 Å². The van der Waals surface area contributed by atoms with Crippen molar-refractivity contribution in [3.8, 4) is 0 Å². The van der Waals surface area contributed by atoms with E-state index in [1.54, 1.807) is 6.20 Å². The molecule has 0 fully saturated rings. The van der Waals surface area contributed by atoms with E-state index in [1.807, 2.05) is 31.2 Å². The molecule has 1 aromatic carbocycles. The molecule has 4 nitrogen and oxygen atoms in total. The summed E-state index contributed by atoms with van der Waals surface area (Å²) in [6.45, 7) is 2.10. The lowest BCUT2D eigenvalue weighted by molar-refractivity contribution is -0.120. The Balaban J connectivity index is 2.19. The van der Waals surface area contributed by atoms with Crippen molar-refractivity contribution in [2.45, 2.75) is 11.8 Å². The van der Waals surface area contributed by atoms with Crippen LogP contribution >= 0.6 is 0 Å². The zero-order valence-corrected chi connectivity index (χ0v) is 9.66. The van der Waals surface area contributed by atoms with E-state index in [1.165, 1.54) is 10.5 Å². The Bertz CT molecular complexity index is 454. The van der Waals surface area contributed by atoms with Crippen LogP contribution in [0.15, 0.2) is 41.6 Å². The number of aryl methyl sites for hydroxylation is 1. The van der Waals surface area contributed by atoms with Crippen LogP contribution in [0.3, 0.4) is 0 Å². The van der Waals surface area contributed by atoms with Gasteiger partial charge >= 0.3 is 0 Å². The lowest BCUT2D eigenvalue weighted by atomic mass is 10.2. The summed E-state index contributed by atoms with van der Waals surface area (Å²) >= 11 is 0. The molecule has 1 N–H and O–H groups in total.